The monoisotopic (exact) mass is 278 g/mol. The topological polar surface area (TPSA) is 49.4 Å². The molecule has 2 heterocycles. The van der Waals surface area contributed by atoms with Gasteiger partial charge in [0.2, 0.25) is 5.91 Å². The van der Waals surface area contributed by atoms with Crippen molar-refractivity contribution in [2.75, 3.05) is 24.6 Å². The van der Waals surface area contributed by atoms with Crippen LogP contribution in [0.15, 0.2) is 24.3 Å². The van der Waals surface area contributed by atoms with E-state index in [0.717, 1.165) is 13.0 Å². The Hall–Kier alpha value is -1.20. The summed E-state index contributed by atoms with van der Waals surface area (Å²) >= 11 is 0. The van der Waals surface area contributed by atoms with Gasteiger partial charge in [-0.3, -0.25) is 9.00 Å². The average molecular weight is 278 g/mol. The van der Waals surface area contributed by atoms with Gasteiger partial charge in [0, 0.05) is 41.9 Å². The molecule has 0 aliphatic carbocycles. The van der Waals surface area contributed by atoms with Crippen LogP contribution in [0.4, 0.5) is 0 Å². The first-order chi connectivity index (χ1) is 9.24. The molecule has 5 heteroatoms. The van der Waals surface area contributed by atoms with E-state index in [4.69, 9.17) is 0 Å². The van der Waals surface area contributed by atoms with E-state index in [9.17, 15) is 9.00 Å². The molecule has 1 aromatic rings. The lowest BCUT2D eigenvalue weighted by atomic mass is 9.95. The average Bonchev–Trinajstić information content (AvgIpc) is 2.47. The maximum atomic E-state index is 12.4. The summed E-state index contributed by atoms with van der Waals surface area (Å²) in [6.45, 7) is 2.02. The van der Waals surface area contributed by atoms with Crippen LogP contribution in [-0.2, 0) is 28.6 Å². The molecule has 19 heavy (non-hydrogen) atoms. The van der Waals surface area contributed by atoms with Crippen LogP contribution in [0.5, 0.6) is 0 Å². The van der Waals surface area contributed by atoms with Crippen LogP contribution in [0.25, 0.3) is 0 Å². The van der Waals surface area contributed by atoms with Crippen LogP contribution >= 0.6 is 0 Å². The molecular formula is C14H18N2O2S. The van der Waals surface area contributed by atoms with Crippen LogP contribution in [0, 0.1) is 0 Å². The minimum absolute atomic E-state index is 0.124. The Labute approximate surface area is 115 Å². The predicted molar refractivity (Wildman–Crippen MR) is 75.2 cm³/mol. The molecule has 1 saturated heterocycles. The third-order valence-corrected chi connectivity index (χ3v) is 5.14. The maximum Gasteiger partial charge on any atom is 0.240 e. The fraction of sp³-hybridized carbons (Fsp3) is 0.500. The molecule has 1 atom stereocenters. The second-order valence-corrected chi connectivity index (χ2v) is 6.78. The van der Waals surface area contributed by atoms with Crippen molar-refractivity contribution in [2.24, 2.45) is 0 Å². The number of amides is 1. The second-order valence-electron chi connectivity index (χ2n) is 5.08. The Morgan fingerprint density at radius 2 is 1.89 bits per heavy atom. The Morgan fingerprint density at radius 1 is 1.21 bits per heavy atom. The van der Waals surface area contributed by atoms with E-state index in [-0.39, 0.29) is 11.9 Å². The first-order valence-corrected chi connectivity index (χ1v) is 8.17. The lowest BCUT2D eigenvalue weighted by molar-refractivity contribution is -0.133. The Balaban J connectivity index is 1.67. The third-order valence-electron chi connectivity index (χ3n) is 3.87. The summed E-state index contributed by atoms with van der Waals surface area (Å²) in [7, 11) is -0.733. The van der Waals surface area contributed by atoms with Gasteiger partial charge in [0.25, 0.3) is 0 Å². The van der Waals surface area contributed by atoms with Gasteiger partial charge in [-0.15, -0.1) is 0 Å². The summed E-state index contributed by atoms with van der Waals surface area (Å²) in [5, 5.41) is 3.32. The molecule has 0 spiro atoms. The summed E-state index contributed by atoms with van der Waals surface area (Å²) in [5.74, 6) is 1.40. The highest BCUT2D eigenvalue weighted by Crippen LogP contribution is 2.17. The second kappa shape index (κ2) is 5.43. The number of nitrogens with one attached hydrogen (secondary N) is 1. The standard InChI is InChI=1S/C14H18N2O2S/c17-14(16-5-7-19(18)8-6-16)13-9-11-3-1-2-4-12(11)10-15-13/h1-4,13,15H,5-10H2/t13-/m1/s1. The number of hydrogen-bond acceptors (Lipinski definition) is 3. The van der Waals surface area contributed by atoms with E-state index in [1.54, 1.807) is 0 Å². The first-order valence-electron chi connectivity index (χ1n) is 6.68. The molecule has 0 aromatic heterocycles. The van der Waals surface area contributed by atoms with E-state index in [1.165, 1.54) is 11.1 Å². The fourth-order valence-corrected chi connectivity index (χ4v) is 3.76. The molecule has 4 nitrogen and oxygen atoms in total. The molecular weight excluding hydrogens is 260 g/mol. The number of fused-ring (bicyclic) bond motifs is 1. The van der Waals surface area contributed by atoms with Crippen molar-refractivity contribution >= 4 is 16.7 Å². The number of carbonyl (C=O) groups is 1. The van der Waals surface area contributed by atoms with Crippen LogP contribution in [0.2, 0.25) is 0 Å². The van der Waals surface area contributed by atoms with Gasteiger partial charge < -0.3 is 10.2 Å². The van der Waals surface area contributed by atoms with Crippen molar-refractivity contribution in [2.45, 2.75) is 19.0 Å². The number of rotatable bonds is 1. The van der Waals surface area contributed by atoms with Crippen molar-refractivity contribution in [3.63, 3.8) is 0 Å². The Morgan fingerprint density at radius 3 is 2.63 bits per heavy atom. The van der Waals surface area contributed by atoms with Crippen LogP contribution in [-0.4, -0.2) is 45.7 Å². The van der Waals surface area contributed by atoms with E-state index in [1.807, 2.05) is 17.0 Å². The normalized spacial score (nSPS) is 24.0. The van der Waals surface area contributed by atoms with Gasteiger partial charge in [-0.05, 0) is 17.5 Å². The molecule has 102 valence electrons. The molecule has 0 saturated carbocycles. The highest BCUT2D eigenvalue weighted by Gasteiger charge is 2.29. The van der Waals surface area contributed by atoms with Gasteiger partial charge >= 0.3 is 0 Å². The molecule has 1 aromatic carbocycles. The lowest BCUT2D eigenvalue weighted by Crippen LogP contribution is -2.52. The van der Waals surface area contributed by atoms with Crippen molar-refractivity contribution in [1.29, 1.82) is 0 Å². The van der Waals surface area contributed by atoms with Crippen LogP contribution in [0.3, 0.4) is 0 Å². The summed E-state index contributed by atoms with van der Waals surface area (Å²) in [6.07, 6.45) is 0.759. The highest BCUT2D eigenvalue weighted by molar-refractivity contribution is 7.85. The summed E-state index contributed by atoms with van der Waals surface area (Å²) in [5.41, 5.74) is 2.55. The van der Waals surface area contributed by atoms with Crippen LogP contribution < -0.4 is 5.32 Å². The van der Waals surface area contributed by atoms with Gasteiger partial charge in [0.05, 0.1) is 6.04 Å². The van der Waals surface area contributed by atoms with Crippen molar-refractivity contribution in [1.82, 2.24) is 10.2 Å². The van der Waals surface area contributed by atoms with E-state index in [2.05, 4.69) is 17.4 Å². The zero-order valence-corrected chi connectivity index (χ0v) is 11.6. The quantitative estimate of drug-likeness (QED) is 0.803. The first kappa shape index (κ1) is 12.8. The maximum absolute atomic E-state index is 12.4. The number of benzene rings is 1. The fourth-order valence-electron chi connectivity index (χ4n) is 2.71. The van der Waals surface area contributed by atoms with Crippen LogP contribution in [0.1, 0.15) is 11.1 Å². The molecule has 0 radical (unpaired) electrons. The van der Waals surface area contributed by atoms with E-state index >= 15 is 0 Å². The molecule has 0 bridgehead atoms. The summed E-state index contributed by atoms with van der Waals surface area (Å²) in [6, 6.07) is 8.13. The lowest BCUT2D eigenvalue weighted by Gasteiger charge is -2.32. The molecule has 0 unspecified atom stereocenters. The molecule has 3 rings (SSSR count). The Bertz CT molecular complexity index is 508. The van der Waals surface area contributed by atoms with Gasteiger partial charge in [0.1, 0.15) is 0 Å². The number of carbonyl (C=O) groups excluding carboxylic acids is 1. The largest absolute Gasteiger partial charge is 0.339 e. The minimum Gasteiger partial charge on any atom is -0.339 e. The van der Waals surface area contributed by atoms with E-state index in [0.29, 0.717) is 24.6 Å². The van der Waals surface area contributed by atoms with Gasteiger partial charge in [-0.2, -0.15) is 0 Å². The SMILES string of the molecule is O=C([C@H]1Cc2ccccc2CN1)N1CCS(=O)CC1. The van der Waals surface area contributed by atoms with Crippen molar-refractivity contribution in [3.05, 3.63) is 35.4 Å². The number of hydrogen-bond donors (Lipinski definition) is 1. The molecule has 1 N–H and O–H groups in total. The van der Waals surface area contributed by atoms with Gasteiger partial charge in [0.15, 0.2) is 0 Å². The van der Waals surface area contributed by atoms with Gasteiger partial charge in [-0.1, -0.05) is 24.3 Å². The minimum atomic E-state index is -0.733. The summed E-state index contributed by atoms with van der Waals surface area (Å²) < 4.78 is 11.3. The smallest absolute Gasteiger partial charge is 0.240 e. The van der Waals surface area contributed by atoms with Gasteiger partial charge in [-0.25, -0.2) is 0 Å². The zero-order valence-electron chi connectivity index (χ0n) is 10.8. The Kier molecular flexibility index (Phi) is 3.66. The summed E-state index contributed by atoms with van der Waals surface area (Å²) in [4.78, 5) is 14.3. The zero-order chi connectivity index (χ0) is 13.2. The van der Waals surface area contributed by atoms with E-state index < -0.39 is 10.8 Å². The molecule has 2 aliphatic rings. The molecule has 1 fully saturated rings. The predicted octanol–water partition coefficient (Wildman–Crippen LogP) is 0.292. The van der Waals surface area contributed by atoms with Crippen molar-refractivity contribution in [3.8, 4) is 0 Å². The third kappa shape index (κ3) is 2.72. The highest BCUT2D eigenvalue weighted by atomic mass is 32.2. The van der Waals surface area contributed by atoms with Crippen molar-refractivity contribution < 1.29 is 9.00 Å². The molecule has 2 aliphatic heterocycles. The number of nitrogens with zero attached hydrogens (tertiary/aromatic N) is 1. The molecule has 1 amide bonds.